The Morgan fingerprint density at radius 2 is 2.13 bits per heavy atom. The van der Waals surface area contributed by atoms with Crippen molar-refractivity contribution in [3.05, 3.63) is 18.0 Å². The molecule has 0 radical (unpaired) electrons. The minimum absolute atomic E-state index is 0.163. The number of anilines is 1. The number of unbranched alkanes of at least 4 members (excludes halogenated alkanes) is 1. The van der Waals surface area contributed by atoms with E-state index in [0.717, 1.165) is 43.1 Å². The molecule has 1 heterocycles. The first kappa shape index (κ1) is 20.6. The fourth-order valence-electron chi connectivity index (χ4n) is 2.42. The van der Waals surface area contributed by atoms with Gasteiger partial charge in [0.15, 0.2) is 9.03 Å². The summed E-state index contributed by atoms with van der Waals surface area (Å²) in [5, 5.41) is 0. The van der Waals surface area contributed by atoms with Gasteiger partial charge < -0.3 is 14.3 Å². The van der Waals surface area contributed by atoms with Crippen LogP contribution in [0.25, 0.3) is 0 Å². The third kappa shape index (κ3) is 7.34. The van der Waals surface area contributed by atoms with Crippen LogP contribution < -0.4 is 4.90 Å². The first-order chi connectivity index (χ1) is 11.2. The van der Waals surface area contributed by atoms with Crippen molar-refractivity contribution >= 4 is 27.6 Å². The zero-order valence-electron chi connectivity index (χ0n) is 14.4. The smallest absolute Gasteiger partial charge is 0.225 e. The van der Waals surface area contributed by atoms with E-state index in [2.05, 4.69) is 41.3 Å². The van der Waals surface area contributed by atoms with E-state index < -0.39 is 9.03 Å². The summed E-state index contributed by atoms with van der Waals surface area (Å²) in [4.78, 5) is 19.8. The number of aromatic nitrogens is 2. The Hall–Kier alpha value is -0.420. The van der Waals surface area contributed by atoms with Crippen molar-refractivity contribution in [3.8, 4) is 0 Å². The van der Waals surface area contributed by atoms with Crippen molar-refractivity contribution in [2.45, 2.75) is 64.5 Å². The summed E-state index contributed by atoms with van der Waals surface area (Å²) in [6, 6.07) is 2.31. The Bertz CT molecular complexity index is 438. The van der Waals surface area contributed by atoms with Crippen molar-refractivity contribution in [1.82, 2.24) is 9.97 Å². The Morgan fingerprint density at radius 1 is 1.39 bits per heavy atom. The van der Waals surface area contributed by atoms with E-state index in [9.17, 15) is 0 Å². The van der Waals surface area contributed by atoms with Crippen LogP contribution in [-0.2, 0) is 10.9 Å². The van der Waals surface area contributed by atoms with Gasteiger partial charge in [0, 0.05) is 25.0 Å². The molecule has 1 aliphatic rings. The Morgan fingerprint density at radius 3 is 2.74 bits per heavy atom. The molecule has 1 aromatic rings. The lowest BCUT2D eigenvalue weighted by Crippen LogP contribution is -2.31. The number of hydrogen-bond donors (Lipinski definition) is 2. The van der Waals surface area contributed by atoms with Crippen molar-refractivity contribution in [2.75, 3.05) is 17.7 Å². The fraction of sp³-hybridized carbons (Fsp3) is 0.750. The van der Waals surface area contributed by atoms with Gasteiger partial charge in [-0.1, -0.05) is 26.7 Å². The number of hydrogen-bond acceptors (Lipinski definition) is 6. The number of aryl methyl sites for hydroxylation is 1. The molecule has 3 atom stereocenters. The molecule has 5 nitrogen and oxygen atoms in total. The highest BCUT2D eigenvalue weighted by molar-refractivity contribution is 7.80. The Balaban J connectivity index is 0.000000593. The number of nitrogens with zero attached hydrogens (tertiary/aromatic N) is 3. The summed E-state index contributed by atoms with van der Waals surface area (Å²) < 4.78 is 5.29. The van der Waals surface area contributed by atoms with Crippen LogP contribution in [0.1, 0.15) is 51.6 Å². The van der Waals surface area contributed by atoms with Crippen LogP contribution in [0.4, 0.5) is 5.95 Å². The lowest BCUT2D eigenvalue weighted by atomic mass is 10.2. The van der Waals surface area contributed by atoms with Gasteiger partial charge in [-0.2, -0.15) is 12.6 Å². The maximum Gasteiger partial charge on any atom is 0.225 e. The first-order valence-electron chi connectivity index (χ1n) is 8.36. The highest BCUT2D eigenvalue weighted by Crippen LogP contribution is 2.30. The SMILES string of the molecule is CCCC.CN(c1nccc(CCS)n1)C1CCC(OPO)C1. The molecule has 0 amide bonds. The molecule has 0 aliphatic heterocycles. The van der Waals surface area contributed by atoms with E-state index in [1.54, 1.807) is 6.20 Å². The summed E-state index contributed by atoms with van der Waals surface area (Å²) in [6.45, 7) is 4.36. The van der Waals surface area contributed by atoms with Crippen LogP contribution in [-0.4, -0.2) is 39.8 Å². The largest absolute Gasteiger partial charge is 0.352 e. The van der Waals surface area contributed by atoms with Gasteiger partial charge in [-0.05, 0) is 37.5 Å². The lowest BCUT2D eigenvalue weighted by molar-refractivity contribution is 0.219. The topological polar surface area (TPSA) is 58.5 Å². The van der Waals surface area contributed by atoms with Gasteiger partial charge in [0.05, 0.1) is 6.10 Å². The quantitative estimate of drug-likeness (QED) is 0.575. The summed E-state index contributed by atoms with van der Waals surface area (Å²) in [5.74, 6) is 1.55. The van der Waals surface area contributed by atoms with Crippen LogP contribution in [0.15, 0.2) is 12.3 Å². The van der Waals surface area contributed by atoms with Gasteiger partial charge in [0.25, 0.3) is 0 Å². The predicted molar refractivity (Wildman–Crippen MR) is 102 cm³/mol. The third-order valence-electron chi connectivity index (χ3n) is 4.01. The normalized spacial score (nSPS) is 20.6. The summed E-state index contributed by atoms with van der Waals surface area (Å²) in [5.41, 5.74) is 1.02. The predicted octanol–water partition coefficient (Wildman–Crippen LogP) is 3.63. The number of rotatable bonds is 7. The summed E-state index contributed by atoms with van der Waals surface area (Å²) >= 11 is 4.23. The van der Waals surface area contributed by atoms with Crippen LogP contribution in [0.5, 0.6) is 0 Å². The molecule has 0 spiro atoms. The second-order valence-corrected chi connectivity index (χ2v) is 6.60. The maximum absolute atomic E-state index is 8.82. The molecule has 2 rings (SSSR count). The van der Waals surface area contributed by atoms with Gasteiger partial charge in [-0.15, -0.1) is 0 Å². The van der Waals surface area contributed by atoms with E-state index in [1.165, 1.54) is 12.8 Å². The molecule has 1 N–H and O–H groups in total. The zero-order chi connectivity index (χ0) is 17.1. The van der Waals surface area contributed by atoms with Crippen LogP contribution in [0.2, 0.25) is 0 Å². The van der Waals surface area contributed by atoms with Crippen LogP contribution in [0.3, 0.4) is 0 Å². The lowest BCUT2D eigenvalue weighted by Gasteiger charge is -2.24. The minimum atomic E-state index is -0.419. The average Bonchev–Trinajstić information content (AvgIpc) is 3.04. The second-order valence-electron chi connectivity index (χ2n) is 5.73. The van der Waals surface area contributed by atoms with Crippen LogP contribution in [0, 0.1) is 0 Å². The molecule has 0 saturated heterocycles. The van der Waals surface area contributed by atoms with E-state index in [-0.39, 0.29) is 6.10 Å². The maximum atomic E-state index is 8.82. The summed E-state index contributed by atoms with van der Waals surface area (Å²) in [6.07, 6.45) is 8.41. The second kappa shape index (κ2) is 12.0. The molecule has 0 aromatic carbocycles. The van der Waals surface area contributed by atoms with Gasteiger partial charge in [0.1, 0.15) is 0 Å². The number of thiol groups is 1. The molecule has 7 heteroatoms. The molecule has 1 fully saturated rings. The van der Waals surface area contributed by atoms with E-state index in [0.29, 0.717) is 6.04 Å². The molecule has 1 aromatic heterocycles. The first-order valence-corrected chi connectivity index (χ1v) is 9.85. The highest BCUT2D eigenvalue weighted by Gasteiger charge is 2.29. The molecule has 0 bridgehead atoms. The van der Waals surface area contributed by atoms with Gasteiger partial charge in [0.2, 0.25) is 5.95 Å². The van der Waals surface area contributed by atoms with Crippen molar-refractivity contribution < 1.29 is 9.42 Å². The van der Waals surface area contributed by atoms with Crippen molar-refractivity contribution in [3.63, 3.8) is 0 Å². The van der Waals surface area contributed by atoms with Gasteiger partial charge >= 0.3 is 0 Å². The minimum Gasteiger partial charge on any atom is -0.352 e. The molecular formula is C16H30N3O2PS. The molecule has 132 valence electrons. The molecule has 23 heavy (non-hydrogen) atoms. The summed E-state index contributed by atoms with van der Waals surface area (Å²) in [7, 11) is 1.60. The monoisotopic (exact) mass is 359 g/mol. The fourth-order valence-corrected chi connectivity index (χ4v) is 3.01. The molecule has 1 saturated carbocycles. The average molecular weight is 359 g/mol. The Kier molecular flexibility index (Phi) is 10.8. The van der Waals surface area contributed by atoms with Gasteiger partial charge in [-0.3, -0.25) is 0 Å². The van der Waals surface area contributed by atoms with Gasteiger partial charge in [-0.25, -0.2) is 9.97 Å². The Labute approximate surface area is 147 Å². The highest BCUT2D eigenvalue weighted by atomic mass is 32.1. The zero-order valence-corrected chi connectivity index (χ0v) is 16.3. The standard InChI is InChI=1S/C12H20N3O2PS.C4H10/c1-15(10-2-3-11(8-10)17-18-16)12-13-6-4-9(14-12)5-7-19;1-3-4-2/h4,6,10-11,16,18-19H,2-3,5,7-8H2,1H3;3-4H2,1-2H3. The van der Waals surface area contributed by atoms with E-state index in [1.807, 2.05) is 13.1 Å². The van der Waals surface area contributed by atoms with Crippen molar-refractivity contribution in [1.29, 1.82) is 0 Å². The third-order valence-corrected chi connectivity index (χ3v) is 4.67. The van der Waals surface area contributed by atoms with Crippen molar-refractivity contribution in [2.24, 2.45) is 0 Å². The van der Waals surface area contributed by atoms with E-state index >= 15 is 0 Å². The molecule has 1 aliphatic carbocycles. The molecular weight excluding hydrogens is 329 g/mol. The van der Waals surface area contributed by atoms with E-state index in [4.69, 9.17) is 9.42 Å². The van der Waals surface area contributed by atoms with Crippen LogP contribution >= 0.6 is 21.7 Å². The molecule has 3 unspecified atom stereocenters.